The smallest absolute Gasteiger partial charge is 0.336 e. The van der Waals surface area contributed by atoms with Gasteiger partial charge in [0.15, 0.2) is 6.10 Å². The molecule has 2 N–H and O–H groups in total. The molecule has 1 saturated heterocycles. The molecule has 0 aromatic carbocycles. The molecule has 0 aromatic heterocycles. The normalized spacial score (nSPS) is 31.3. The maximum absolute atomic E-state index is 12.4. The number of hydrogen-bond acceptors (Lipinski definition) is 5. The average molecular weight is 328 g/mol. The second-order valence-electron chi connectivity index (χ2n) is 6.20. The van der Waals surface area contributed by atoms with Crippen molar-refractivity contribution >= 4 is 18.0 Å². The molecule has 0 unspecified atom stereocenters. The summed E-state index contributed by atoms with van der Waals surface area (Å²) >= 11 is 0. The van der Waals surface area contributed by atoms with E-state index < -0.39 is 18.0 Å². The van der Waals surface area contributed by atoms with Gasteiger partial charge >= 0.3 is 18.0 Å². The minimum absolute atomic E-state index is 0.0205. The van der Waals surface area contributed by atoms with Crippen LogP contribution in [0.5, 0.6) is 0 Å². The molecule has 0 radical (unpaired) electrons. The molecule has 1 heterocycles. The van der Waals surface area contributed by atoms with Crippen LogP contribution in [-0.4, -0.2) is 66.4 Å². The fourth-order valence-electron chi connectivity index (χ4n) is 3.13. The number of methoxy groups -OCH3 is 1. The molecular formula is C15H24N2O6. The van der Waals surface area contributed by atoms with Crippen LogP contribution >= 0.6 is 0 Å². The highest BCUT2D eigenvalue weighted by atomic mass is 16.6. The fraction of sp³-hybridized carbons (Fsp3) is 0.800. The average Bonchev–Trinajstić information content (AvgIpc) is 2.53. The van der Waals surface area contributed by atoms with Crippen molar-refractivity contribution in [1.82, 2.24) is 10.2 Å². The quantitative estimate of drug-likeness (QED) is 0.735. The third-order valence-electron chi connectivity index (χ3n) is 4.42. The Labute approximate surface area is 135 Å². The van der Waals surface area contributed by atoms with Gasteiger partial charge < -0.3 is 24.8 Å². The summed E-state index contributed by atoms with van der Waals surface area (Å²) in [6.07, 6.45) is 1.44. The van der Waals surface area contributed by atoms with E-state index in [4.69, 9.17) is 9.84 Å². The predicted molar refractivity (Wildman–Crippen MR) is 79.8 cm³/mol. The van der Waals surface area contributed by atoms with E-state index in [2.05, 4.69) is 10.1 Å². The molecule has 2 amide bonds. The first-order chi connectivity index (χ1) is 10.9. The molecular weight excluding hydrogens is 304 g/mol. The number of morpholine rings is 1. The molecule has 8 heteroatoms. The van der Waals surface area contributed by atoms with Gasteiger partial charge in [-0.05, 0) is 32.6 Å². The Kier molecular flexibility index (Phi) is 5.81. The van der Waals surface area contributed by atoms with Gasteiger partial charge in [0.1, 0.15) is 0 Å². The van der Waals surface area contributed by atoms with Gasteiger partial charge in [-0.2, -0.15) is 0 Å². The largest absolute Gasteiger partial charge is 0.481 e. The van der Waals surface area contributed by atoms with E-state index in [1.807, 2.05) is 0 Å². The van der Waals surface area contributed by atoms with Crippen LogP contribution in [0.3, 0.4) is 0 Å². The number of nitrogens with zero attached hydrogens (tertiary/aromatic N) is 1. The van der Waals surface area contributed by atoms with Crippen LogP contribution in [0, 0.1) is 5.92 Å². The lowest BCUT2D eigenvalue weighted by molar-refractivity contribution is -0.164. The van der Waals surface area contributed by atoms with E-state index in [0.29, 0.717) is 32.2 Å². The van der Waals surface area contributed by atoms with Crippen LogP contribution in [-0.2, 0) is 19.1 Å². The minimum atomic E-state index is -0.766. The Hall–Kier alpha value is -1.83. The van der Waals surface area contributed by atoms with Gasteiger partial charge in [0, 0.05) is 12.6 Å². The van der Waals surface area contributed by atoms with Crippen LogP contribution in [0.4, 0.5) is 4.79 Å². The van der Waals surface area contributed by atoms with Gasteiger partial charge in [-0.15, -0.1) is 0 Å². The van der Waals surface area contributed by atoms with Gasteiger partial charge in [-0.1, -0.05) is 0 Å². The van der Waals surface area contributed by atoms with Crippen molar-refractivity contribution in [2.24, 2.45) is 5.92 Å². The lowest BCUT2D eigenvalue weighted by atomic mass is 9.86. The first kappa shape index (κ1) is 17.5. The number of amides is 2. The van der Waals surface area contributed by atoms with Crippen molar-refractivity contribution in [3.8, 4) is 0 Å². The van der Waals surface area contributed by atoms with Gasteiger partial charge in [0.05, 0.1) is 25.7 Å². The highest BCUT2D eigenvalue weighted by Crippen LogP contribution is 2.24. The van der Waals surface area contributed by atoms with Crippen LogP contribution in [0.25, 0.3) is 0 Å². The summed E-state index contributed by atoms with van der Waals surface area (Å²) in [6, 6.07) is -0.263. The second kappa shape index (κ2) is 7.63. The summed E-state index contributed by atoms with van der Waals surface area (Å²) in [5, 5.41) is 11.9. The molecule has 2 rings (SSSR count). The minimum Gasteiger partial charge on any atom is -0.481 e. The number of rotatable bonds is 3. The molecule has 0 spiro atoms. The zero-order valence-corrected chi connectivity index (χ0v) is 13.5. The van der Waals surface area contributed by atoms with Gasteiger partial charge in [0.2, 0.25) is 0 Å². The number of ether oxygens (including phenoxy) is 2. The highest BCUT2D eigenvalue weighted by Gasteiger charge is 2.34. The monoisotopic (exact) mass is 328 g/mol. The molecule has 1 aliphatic heterocycles. The standard InChI is InChI=1S/C15H24N2O6/c1-9-7-17(8-12(23-9)14(20)22-2)15(21)16-11-5-3-10(4-6-11)13(18)19/h9-12H,3-8H2,1-2H3,(H,16,21)(H,18,19)/t9-,10?,11?,12-/m1/s1. The van der Waals surface area contributed by atoms with Gasteiger partial charge in [0.25, 0.3) is 0 Å². The summed E-state index contributed by atoms with van der Waals surface area (Å²) in [5.41, 5.74) is 0. The third kappa shape index (κ3) is 4.57. The molecule has 2 aliphatic rings. The molecule has 0 aromatic rings. The summed E-state index contributed by atoms with van der Waals surface area (Å²) in [7, 11) is 1.29. The van der Waals surface area contributed by atoms with Crippen LogP contribution < -0.4 is 5.32 Å². The summed E-state index contributed by atoms with van der Waals surface area (Å²) in [5.74, 6) is -1.57. The lowest BCUT2D eigenvalue weighted by Crippen LogP contribution is -2.56. The topological polar surface area (TPSA) is 105 Å². The van der Waals surface area contributed by atoms with E-state index in [-0.39, 0.29) is 30.6 Å². The number of nitrogens with one attached hydrogen (secondary N) is 1. The number of esters is 1. The molecule has 8 nitrogen and oxygen atoms in total. The Balaban J connectivity index is 1.85. The van der Waals surface area contributed by atoms with Gasteiger partial charge in [-0.3, -0.25) is 4.79 Å². The first-order valence-electron chi connectivity index (χ1n) is 7.92. The summed E-state index contributed by atoms with van der Waals surface area (Å²) in [6.45, 7) is 2.37. The lowest BCUT2D eigenvalue weighted by Gasteiger charge is -2.37. The maximum Gasteiger partial charge on any atom is 0.336 e. The van der Waals surface area contributed by atoms with Crippen molar-refractivity contribution in [3.63, 3.8) is 0 Å². The SMILES string of the molecule is COC(=O)[C@H]1CN(C(=O)NC2CCC(C(=O)O)CC2)C[C@@H](C)O1. The Morgan fingerprint density at radius 1 is 1.17 bits per heavy atom. The molecule has 2 atom stereocenters. The van der Waals surface area contributed by atoms with Crippen LogP contribution in [0.2, 0.25) is 0 Å². The summed E-state index contributed by atoms with van der Waals surface area (Å²) in [4.78, 5) is 36.5. The highest BCUT2D eigenvalue weighted by molar-refractivity contribution is 5.78. The Bertz CT molecular complexity index is 461. The van der Waals surface area contributed by atoms with Crippen molar-refractivity contribution in [3.05, 3.63) is 0 Å². The second-order valence-corrected chi connectivity index (χ2v) is 6.20. The number of carbonyl (C=O) groups excluding carboxylic acids is 2. The zero-order valence-electron chi connectivity index (χ0n) is 13.5. The molecule has 130 valence electrons. The number of carboxylic acid groups (broad SMARTS) is 1. The van der Waals surface area contributed by atoms with E-state index in [1.165, 1.54) is 7.11 Å². The number of carbonyl (C=O) groups is 3. The molecule has 1 saturated carbocycles. The van der Waals surface area contributed by atoms with Crippen LogP contribution in [0.15, 0.2) is 0 Å². The zero-order chi connectivity index (χ0) is 17.0. The van der Waals surface area contributed by atoms with Crippen molar-refractivity contribution in [2.45, 2.75) is 50.9 Å². The number of hydrogen-bond donors (Lipinski definition) is 2. The van der Waals surface area contributed by atoms with E-state index in [0.717, 1.165) is 0 Å². The van der Waals surface area contributed by atoms with Gasteiger partial charge in [-0.25, -0.2) is 9.59 Å². The Morgan fingerprint density at radius 3 is 2.39 bits per heavy atom. The number of carboxylic acids is 1. The van der Waals surface area contributed by atoms with Crippen molar-refractivity contribution < 1.29 is 29.0 Å². The first-order valence-corrected chi connectivity index (χ1v) is 7.92. The molecule has 2 fully saturated rings. The van der Waals surface area contributed by atoms with E-state index in [1.54, 1.807) is 11.8 Å². The number of aliphatic carboxylic acids is 1. The molecule has 0 bridgehead atoms. The van der Waals surface area contributed by atoms with Crippen molar-refractivity contribution in [1.29, 1.82) is 0 Å². The third-order valence-corrected chi connectivity index (χ3v) is 4.42. The maximum atomic E-state index is 12.4. The van der Waals surface area contributed by atoms with Crippen molar-refractivity contribution in [2.75, 3.05) is 20.2 Å². The van der Waals surface area contributed by atoms with E-state index in [9.17, 15) is 14.4 Å². The molecule has 23 heavy (non-hydrogen) atoms. The Morgan fingerprint density at radius 2 is 1.83 bits per heavy atom. The van der Waals surface area contributed by atoms with E-state index >= 15 is 0 Å². The van der Waals surface area contributed by atoms with Crippen LogP contribution in [0.1, 0.15) is 32.6 Å². The summed E-state index contributed by atoms with van der Waals surface area (Å²) < 4.78 is 10.2. The number of urea groups is 1. The molecule has 1 aliphatic carbocycles. The predicted octanol–water partition coefficient (Wildman–Crippen LogP) is 0.602. The fourth-order valence-corrected chi connectivity index (χ4v) is 3.13.